The third kappa shape index (κ3) is 3.17. The van der Waals surface area contributed by atoms with E-state index in [1.807, 2.05) is 0 Å². The van der Waals surface area contributed by atoms with E-state index in [9.17, 15) is 9.59 Å². The molecule has 0 atom stereocenters. The normalized spacial score (nSPS) is 21.5. The summed E-state index contributed by atoms with van der Waals surface area (Å²) in [4.78, 5) is 21.4. The number of Topliss-reactive ketones (excluding diaryl/α,β-unsaturated/α-hetero) is 1. The monoisotopic (exact) mass is 184 g/mol. The van der Waals surface area contributed by atoms with Gasteiger partial charge in [-0.15, -0.1) is 0 Å². The van der Waals surface area contributed by atoms with Crippen LogP contribution in [-0.4, -0.2) is 16.9 Å². The predicted octanol–water partition coefficient (Wildman–Crippen LogP) is 2.00. The van der Waals surface area contributed by atoms with E-state index >= 15 is 0 Å². The van der Waals surface area contributed by atoms with Gasteiger partial charge in [0.1, 0.15) is 5.78 Å². The zero-order chi connectivity index (χ0) is 9.90. The molecule has 0 amide bonds. The van der Waals surface area contributed by atoms with E-state index in [0.29, 0.717) is 25.0 Å². The van der Waals surface area contributed by atoms with Crippen LogP contribution in [0.25, 0.3) is 0 Å². The van der Waals surface area contributed by atoms with Crippen molar-refractivity contribution in [1.82, 2.24) is 0 Å². The Balaban J connectivity index is 2.38. The van der Waals surface area contributed by atoms with Gasteiger partial charge in [-0.05, 0) is 24.7 Å². The first-order valence-corrected chi connectivity index (χ1v) is 4.75. The fraction of sp³-hybridized carbons (Fsp3) is 0.800. The van der Waals surface area contributed by atoms with Crippen molar-refractivity contribution in [2.45, 2.75) is 45.4 Å². The number of carbonyl (C=O) groups excluding carboxylic acids is 1. The van der Waals surface area contributed by atoms with Crippen molar-refractivity contribution in [3.05, 3.63) is 0 Å². The highest BCUT2D eigenvalue weighted by Gasteiger charge is 2.30. The summed E-state index contributed by atoms with van der Waals surface area (Å²) >= 11 is 0. The van der Waals surface area contributed by atoms with Crippen molar-refractivity contribution in [3.8, 4) is 0 Å². The standard InChI is InChI=1S/C10H16O3/c1-10(7-4-9(12)13)5-2-8(11)3-6-10/h2-7H2,1H3,(H,12,13). The van der Waals surface area contributed by atoms with Gasteiger partial charge in [0, 0.05) is 19.3 Å². The summed E-state index contributed by atoms with van der Waals surface area (Å²) in [6.45, 7) is 2.09. The second-order valence-corrected chi connectivity index (χ2v) is 4.24. The van der Waals surface area contributed by atoms with Crippen molar-refractivity contribution in [2.75, 3.05) is 0 Å². The highest BCUT2D eigenvalue weighted by Crippen LogP contribution is 2.38. The largest absolute Gasteiger partial charge is 0.481 e. The molecule has 0 unspecified atom stereocenters. The molecule has 1 aliphatic carbocycles. The highest BCUT2D eigenvalue weighted by molar-refractivity contribution is 5.79. The molecule has 1 fully saturated rings. The van der Waals surface area contributed by atoms with Crippen molar-refractivity contribution in [1.29, 1.82) is 0 Å². The maximum Gasteiger partial charge on any atom is 0.303 e. The summed E-state index contributed by atoms with van der Waals surface area (Å²) < 4.78 is 0. The molecule has 0 aromatic heterocycles. The van der Waals surface area contributed by atoms with Crippen molar-refractivity contribution < 1.29 is 14.7 Å². The zero-order valence-electron chi connectivity index (χ0n) is 8.01. The highest BCUT2D eigenvalue weighted by atomic mass is 16.4. The Hall–Kier alpha value is -0.860. The first-order valence-electron chi connectivity index (χ1n) is 4.75. The number of rotatable bonds is 3. The average molecular weight is 184 g/mol. The van der Waals surface area contributed by atoms with E-state index in [1.165, 1.54) is 0 Å². The van der Waals surface area contributed by atoms with Crippen LogP contribution < -0.4 is 0 Å². The van der Waals surface area contributed by atoms with Gasteiger partial charge in [0.25, 0.3) is 0 Å². The molecule has 0 heterocycles. The number of carbonyl (C=O) groups is 2. The second-order valence-electron chi connectivity index (χ2n) is 4.24. The number of ketones is 1. The lowest BCUT2D eigenvalue weighted by Gasteiger charge is -2.32. The fourth-order valence-electron chi connectivity index (χ4n) is 1.79. The van der Waals surface area contributed by atoms with Gasteiger partial charge in [-0.1, -0.05) is 6.92 Å². The minimum Gasteiger partial charge on any atom is -0.481 e. The third-order valence-electron chi connectivity index (χ3n) is 2.96. The topological polar surface area (TPSA) is 54.4 Å². The molecule has 0 spiro atoms. The number of carboxylic acids is 1. The van der Waals surface area contributed by atoms with Crippen molar-refractivity contribution in [2.24, 2.45) is 5.41 Å². The molecule has 0 aromatic carbocycles. The molecule has 13 heavy (non-hydrogen) atoms. The second kappa shape index (κ2) is 3.90. The molecule has 1 aliphatic rings. The van der Waals surface area contributed by atoms with Gasteiger partial charge in [0.2, 0.25) is 0 Å². The fourth-order valence-corrected chi connectivity index (χ4v) is 1.79. The number of hydrogen-bond donors (Lipinski definition) is 1. The van der Waals surface area contributed by atoms with E-state index in [-0.39, 0.29) is 11.8 Å². The maximum atomic E-state index is 11.0. The number of carboxylic acid groups (broad SMARTS) is 1. The first-order chi connectivity index (χ1) is 6.02. The third-order valence-corrected chi connectivity index (χ3v) is 2.96. The number of hydrogen-bond acceptors (Lipinski definition) is 2. The summed E-state index contributed by atoms with van der Waals surface area (Å²) in [6, 6.07) is 0. The maximum absolute atomic E-state index is 11.0. The van der Waals surface area contributed by atoms with Gasteiger partial charge in [-0.3, -0.25) is 9.59 Å². The first kappa shape index (κ1) is 10.2. The summed E-state index contributed by atoms with van der Waals surface area (Å²) in [6.07, 6.45) is 3.92. The van der Waals surface area contributed by atoms with E-state index in [4.69, 9.17) is 5.11 Å². The lowest BCUT2D eigenvalue weighted by molar-refractivity contribution is -0.137. The molecule has 1 rings (SSSR count). The summed E-state index contributed by atoms with van der Waals surface area (Å²) in [5.74, 6) is -0.411. The van der Waals surface area contributed by atoms with Crippen molar-refractivity contribution >= 4 is 11.8 Å². The minimum atomic E-state index is -0.738. The van der Waals surface area contributed by atoms with E-state index in [1.54, 1.807) is 0 Å². The Labute approximate surface area is 78.1 Å². The van der Waals surface area contributed by atoms with Crippen LogP contribution in [-0.2, 0) is 9.59 Å². The van der Waals surface area contributed by atoms with Gasteiger partial charge >= 0.3 is 5.97 Å². The Kier molecular flexibility index (Phi) is 3.07. The predicted molar refractivity (Wildman–Crippen MR) is 48.5 cm³/mol. The molecule has 1 saturated carbocycles. The summed E-state index contributed by atoms with van der Waals surface area (Å²) in [5.41, 5.74) is 0.0896. The Morgan fingerprint density at radius 2 is 2.00 bits per heavy atom. The Morgan fingerprint density at radius 3 is 2.46 bits per heavy atom. The van der Waals surface area contributed by atoms with Gasteiger partial charge in [0.05, 0.1) is 0 Å². The average Bonchev–Trinajstić information content (AvgIpc) is 2.08. The van der Waals surface area contributed by atoms with Crippen LogP contribution in [0.2, 0.25) is 0 Å². The molecule has 0 aromatic rings. The quantitative estimate of drug-likeness (QED) is 0.729. The number of aliphatic carboxylic acids is 1. The lowest BCUT2D eigenvalue weighted by atomic mass is 9.72. The van der Waals surface area contributed by atoms with Crippen LogP contribution >= 0.6 is 0 Å². The zero-order valence-corrected chi connectivity index (χ0v) is 8.01. The molecule has 3 nitrogen and oxygen atoms in total. The van der Waals surface area contributed by atoms with Crippen LogP contribution in [0.3, 0.4) is 0 Å². The Bertz CT molecular complexity index is 210. The van der Waals surface area contributed by atoms with E-state index in [0.717, 1.165) is 12.8 Å². The Morgan fingerprint density at radius 1 is 1.46 bits per heavy atom. The van der Waals surface area contributed by atoms with Crippen LogP contribution in [0.5, 0.6) is 0 Å². The van der Waals surface area contributed by atoms with E-state index < -0.39 is 5.97 Å². The summed E-state index contributed by atoms with van der Waals surface area (Å²) in [5, 5.41) is 8.54. The van der Waals surface area contributed by atoms with Crippen LogP contribution in [0.4, 0.5) is 0 Å². The molecule has 0 saturated heterocycles. The minimum absolute atomic E-state index is 0.0896. The smallest absolute Gasteiger partial charge is 0.303 e. The van der Waals surface area contributed by atoms with Crippen LogP contribution in [0, 0.1) is 5.41 Å². The SMILES string of the molecule is CC1(CCC(=O)O)CCC(=O)CC1. The summed E-state index contributed by atoms with van der Waals surface area (Å²) in [7, 11) is 0. The van der Waals surface area contributed by atoms with Gasteiger partial charge < -0.3 is 5.11 Å². The van der Waals surface area contributed by atoms with E-state index in [2.05, 4.69) is 6.92 Å². The molecule has 0 aliphatic heterocycles. The van der Waals surface area contributed by atoms with Gasteiger partial charge in [-0.2, -0.15) is 0 Å². The lowest BCUT2D eigenvalue weighted by Crippen LogP contribution is -2.25. The molecule has 3 heteroatoms. The molecular weight excluding hydrogens is 168 g/mol. The molecule has 74 valence electrons. The molecule has 1 N–H and O–H groups in total. The van der Waals surface area contributed by atoms with Gasteiger partial charge in [0.15, 0.2) is 0 Å². The molecule has 0 bridgehead atoms. The van der Waals surface area contributed by atoms with Crippen molar-refractivity contribution in [3.63, 3.8) is 0 Å². The van der Waals surface area contributed by atoms with Crippen LogP contribution in [0.15, 0.2) is 0 Å². The van der Waals surface area contributed by atoms with Gasteiger partial charge in [-0.25, -0.2) is 0 Å². The van der Waals surface area contributed by atoms with Crippen LogP contribution in [0.1, 0.15) is 45.4 Å². The molecule has 0 radical (unpaired) electrons. The molecular formula is C10H16O3.